The van der Waals surface area contributed by atoms with Crippen molar-refractivity contribution in [1.29, 1.82) is 0 Å². The van der Waals surface area contributed by atoms with E-state index in [2.05, 4.69) is 4.98 Å². The van der Waals surface area contributed by atoms with Gasteiger partial charge in [0.05, 0.1) is 12.7 Å². The molecule has 2 N–H and O–H groups in total. The number of aromatic nitrogens is 2. The molecule has 1 aromatic heterocycles. The fourth-order valence-corrected chi connectivity index (χ4v) is 1.84. The number of nitrogens with one attached hydrogen (secondary N) is 1. The average molecular weight is 244 g/mol. The number of aryl methyl sites for hydroxylation is 1. The highest BCUT2D eigenvalue weighted by atomic mass is 19.1. The Morgan fingerprint density at radius 1 is 1.65 bits per heavy atom. The van der Waals surface area contributed by atoms with Crippen LogP contribution in [-0.2, 0) is 4.74 Å². The summed E-state index contributed by atoms with van der Waals surface area (Å²) in [6.07, 6.45) is -1.79. The van der Waals surface area contributed by atoms with E-state index in [9.17, 15) is 14.0 Å². The molecule has 0 saturated carbocycles. The summed E-state index contributed by atoms with van der Waals surface area (Å²) in [6, 6.07) is 0. The molecule has 0 bridgehead atoms. The number of aliphatic hydroxyl groups is 1. The second-order valence-electron chi connectivity index (χ2n) is 4.06. The normalized spacial score (nSPS) is 28.5. The largest absolute Gasteiger partial charge is 0.394 e. The van der Waals surface area contributed by atoms with Gasteiger partial charge < -0.3 is 9.84 Å². The third-order valence-electron chi connectivity index (χ3n) is 2.75. The monoisotopic (exact) mass is 244 g/mol. The summed E-state index contributed by atoms with van der Waals surface area (Å²) in [6.45, 7) is 1.22. The van der Waals surface area contributed by atoms with Crippen molar-refractivity contribution in [3.63, 3.8) is 0 Å². The molecule has 1 aliphatic rings. The van der Waals surface area contributed by atoms with E-state index in [0.717, 1.165) is 4.57 Å². The first-order valence-corrected chi connectivity index (χ1v) is 5.25. The maximum absolute atomic E-state index is 13.6. The maximum Gasteiger partial charge on any atom is 0.330 e. The smallest absolute Gasteiger partial charge is 0.330 e. The van der Waals surface area contributed by atoms with Gasteiger partial charge in [0.15, 0.2) is 6.23 Å². The lowest BCUT2D eigenvalue weighted by Crippen LogP contribution is -2.35. The van der Waals surface area contributed by atoms with Crippen molar-refractivity contribution in [2.75, 3.05) is 6.61 Å². The van der Waals surface area contributed by atoms with E-state index in [1.807, 2.05) is 0 Å². The van der Waals surface area contributed by atoms with Crippen molar-refractivity contribution in [3.8, 4) is 0 Å². The van der Waals surface area contributed by atoms with E-state index in [1.165, 1.54) is 13.1 Å². The van der Waals surface area contributed by atoms with Crippen LogP contribution in [-0.4, -0.2) is 33.5 Å². The van der Waals surface area contributed by atoms with Gasteiger partial charge in [-0.25, -0.2) is 9.18 Å². The predicted molar refractivity (Wildman–Crippen MR) is 56.6 cm³/mol. The number of rotatable bonds is 2. The Morgan fingerprint density at radius 2 is 2.35 bits per heavy atom. The standard InChI is InChI=1S/C10H13FN2O4/c1-5-3-13(10(16)12-8(5)15)9-7(11)2-6(4-14)17-9/h3,6-7,9,14H,2,4H2,1H3,(H,12,15,16)/t6-,7-,9+/m0/s1. The van der Waals surface area contributed by atoms with Crippen molar-refractivity contribution in [2.45, 2.75) is 31.8 Å². The van der Waals surface area contributed by atoms with Gasteiger partial charge in [0.25, 0.3) is 5.56 Å². The molecule has 2 rings (SSSR count). The minimum atomic E-state index is -1.38. The zero-order valence-electron chi connectivity index (χ0n) is 9.22. The molecule has 1 aromatic rings. The Balaban J connectivity index is 2.38. The summed E-state index contributed by atoms with van der Waals surface area (Å²) in [5.41, 5.74) is -0.918. The Kier molecular flexibility index (Phi) is 3.12. The van der Waals surface area contributed by atoms with Crippen LogP contribution in [0.5, 0.6) is 0 Å². The second kappa shape index (κ2) is 4.42. The van der Waals surface area contributed by atoms with Crippen molar-refractivity contribution < 1.29 is 14.2 Å². The molecule has 1 saturated heterocycles. The molecule has 17 heavy (non-hydrogen) atoms. The average Bonchev–Trinajstić information content (AvgIpc) is 2.65. The second-order valence-corrected chi connectivity index (χ2v) is 4.06. The summed E-state index contributed by atoms with van der Waals surface area (Å²) in [5, 5.41) is 8.88. The summed E-state index contributed by atoms with van der Waals surface area (Å²) < 4.78 is 19.8. The summed E-state index contributed by atoms with van der Waals surface area (Å²) >= 11 is 0. The van der Waals surface area contributed by atoms with Crippen LogP contribution in [0.3, 0.4) is 0 Å². The van der Waals surface area contributed by atoms with Crippen molar-refractivity contribution in [3.05, 3.63) is 32.6 Å². The van der Waals surface area contributed by atoms with Crippen LogP contribution >= 0.6 is 0 Å². The highest BCUT2D eigenvalue weighted by Gasteiger charge is 2.36. The lowest BCUT2D eigenvalue weighted by atomic mass is 10.2. The van der Waals surface area contributed by atoms with Gasteiger partial charge in [0, 0.05) is 18.2 Å². The number of hydrogen-bond donors (Lipinski definition) is 2. The molecule has 0 radical (unpaired) electrons. The van der Waals surface area contributed by atoms with E-state index in [4.69, 9.17) is 9.84 Å². The third kappa shape index (κ3) is 2.16. The van der Waals surface area contributed by atoms with E-state index in [0.29, 0.717) is 5.56 Å². The van der Waals surface area contributed by atoms with Crippen molar-refractivity contribution in [2.24, 2.45) is 0 Å². The van der Waals surface area contributed by atoms with Gasteiger partial charge in [-0.3, -0.25) is 14.3 Å². The van der Waals surface area contributed by atoms with Gasteiger partial charge in [-0.2, -0.15) is 0 Å². The lowest BCUT2D eigenvalue weighted by molar-refractivity contribution is -0.0395. The third-order valence-corrected chi connectivity index (χ3v) is 2.75. The molecule has 1 aliphatic heterocycles. The first-order chi connectivity index (χ1) is 8.02. The number of H-pyrrole nitrogens is 1. The van der Waals surface area contributed by atoms with E-state index in [1.54, 1.807) is 0 Å². The highest BCUT2D eigenvalue weighted by Crippen LogP contribution is 2.29. The van der Waals surface area contributed by atoms with Gasteiger partial charge in [-0.05, 0) is 6.92 Å². The van der Waals surface area contributed by atoms with Gasteiger partial charge in [0.1, 0.15) is 6.17 Å². The minimum absolute atomic E-state index is 0.0335. The molecule has 6 nitrogen and oxygen atoms in total. The van der Waals surface area contributed by atoms with Crippen molar-refractivity contribution >= 4 is 0 Å². The Bertz CT molecular complexity index is 524. The Labute approximate surface area is 95.7 Å². The lowest BCUT2D eigenvalue weighted by Gasteiger charge is -2.16. The van der Waals surface area contributed by atoms with Gasteiger partial charge in [0.2, 0.25) is 0 Å². The van der Waals surface area contributed by atoms with Gasteiger partial charge in [-0.1, -0.05) is 0 Å². The van der Waals surface area contributed by atoms with Crippen LogP contribution in [0.2, 0.25) is 0 Å². The number of alkyl halides is 1. The van der Waals surface area contributed by atoms with Crippen molar-refractivity contribution in [1.82, 2.24) is 9.55 Å². The number of ether oxygens (including phenoxy) is 1. The molecule has 0 aliphatic carbocycles. The van der Waals surface area contributed by atoms with E-state index < -0.39 is 29.8 Å². The quantitative estimate of drug-likeness (QED) is 0.732. The molecule has 0 aromatic carbocycles. The zero-order chi connectivity index (χ0) is 12.6. The number of aromatic amines is 1. The Hall–Kier alpha value is -1.47. The Morgan fingerprint density at radius 3 is 2.94 bits per heavy atom. The molecule has 2 heterocycles. The van der Waals surface area contributed by atoms with Crippen LogP contribution in [0, 0.1) is 6.92 Å². The zero-order valence-corrected chi connectivity index (χ0v) is 9.22. The fraction of sp³-hybridized carbons (Fsp3) is 0.600. The van der Waals surface area contributed by atoms with Gasteiger partial charge >= 0.3 is 5.69 Å². The first kappa shape index (κ1) is 12.0. The number of nitrogens with zero attached hydrogens (tertiary/aromatic N) is 1. The highest BCUT2D eigenvalue weighted by molar-refractivity contribution is 5.02. The van der Waals surface area contributed by atoms with Crippen LogP contribution in [0.1, 0.15) is 18.2 Å². The summed E-state index contributed by atoms with van der Waals surface area (Å²) in [7, 11) is 0. The molecule has 3 atom stereocenters. The summed E-state index contributed by atoms with van der Waals surface area (Å²) in [5.74, 6) is 0. The molecular weight excluding hydrogens is 231 g/mol. The van der Waals surface area contributed by atoms with Gasteiger partial charge in [-0.15, -0.1) is 0 Å². The van der Waals surface area contributed by atoms with E-state index in [-0.39, 0.29) is 13.0 Å². The SMILES string of the molecule is Cc1cn([C@@H]2O[C@H](CO)C[C@@H]2F)c(=O)[nH]c1=O. The van der Waals surface area contributed by atoms with Crippen LogP contribution in [0.15, 0.2) is 15.8 Å². The molecule has 0 spiro atoms. The topological polar surface area (TPSA) is 84.3 Å². The first-order valence-electron chi connectivity index (χ1n) is 5.25. The number of hydrogen-bond acceptors (Lipinski definition) is 4. The number of halogens is 1. The molecule has 7 heteroatoms. The summed E-state index contributed by atoms with van der Waals surface area (Å²) in [4.78, 5) is 24.8. The minimum Gasteiger partial charge on any atom is -0.394 e. The molecular formula is C10H13FN2O4. The predicted octanol–water partition coefficient (Wildman–Crippen LogP) is -0.537. The van der Waals surface area contributed by atoms with Crippen LogP contribution < -0.4 is 11.2 Å². The maximum atomic E-state index is 13.6. The fourth-order valence-electron chi connectivity index (χ4n) is 1.84. The number of aliphatic hydroxyl groups excluding tert-OH is 1. The van der Waals surface area contributed by atoms with Crippen LogP contribution in [0.4, 0.5) is 4.39 Å². The van der Waals surface area contributed by atoms with E-state index >= 15 is 0 Å². The van der Waals surface area contributed by atoms with Crippen LogP contribution in [0.25, 0.3) is 0 Å². The molecule has 0 unspecified atom stereocenters. The molecule has 0 amide bonds. The molecule has 94 valence electrons. The molecule has 1 fully saturated rings.